The standard InChI is InChI=1S/C21H20F2N4O3S2/c1-2-13-5-8-15(9-6-13)32(29,30)27-11-3-4-18(27)20-25-26-21(31-20)19(28)24-14-7-10-16(22)17(23)12-14/h5-10,12,18H,2-4,11H2,1H3,(H,24,28). The van der Waals surface area contributed by atoms with Crippen molar-refractivity contribution in [2.24, 2.45) is 0 Å². The molecule has 1 fully saturated rings. The Morgan fingerprint density at radius 3 is 2.59 bits per heavy atom. The van der Waals surface area contributed by atoms with Crippen LogP contribution in [0.3, 0.4) is 0 Å². The van der Waals surface area contributed by atoms with Crippen molar-refractivity contribution < 1.29 is 22.0 Å². The van der Waals surface area contributed by atoms with E-state index < -0.39 is 33.6 Å². The third kappa shape index (κ3) is 4.41. The number of amides is 1. The van der Waals surface area contributed by atoms with E-state index in [1.807, 2.05) is 6.92 Å². The van der Waals surface area contributed by atoms with Gasteiger partial charge in [-0.15, -0.1) is 10.2 Å². The molecule has 168 valence electrons. The van der Waals surface area contributed by atoms with Crippen molar-refractivity contribution in [3.8, 4) is 0 Å². The van der Waals surface area contributed by atoms with Crippen LogP contribution in [-0.4, -0.2) is 35.4 Å². The van der Waals surface area contributed by atoms with E-state index >= 15 is 0 Å². The maximum Gasteiger partial charge on any atom is 0.286 e. The summed E-state index contributed by atoms with van der Waals surface area (Å²) in [6.07, 6.45) is 2.03. The van der Waals surface area contributed by atoms with Gasteiger partial charge in [0.1, 0.15) is 5.01 Å². The molecule has 1 aromatic heterocycles. The fourth-order valence-corrected chi connectivity index (χ4v) is 6.14. The second-order valence-corrected chi connectivity index (χ2v) is 10.2. The molecule has 1 atom stereocenters. The van der Waals surface area contributed by atoms with Crippen LogP contribution in [0.1, 0.15) is 46.2 Å². The lowest BCUT2D eigenvalue weighted by Crippen LogP contribution is -2.30. The molecule has 32 heavy (non-hydrogen) atoms. The number of nitrogens with zero attached hydrogens (tertiary/aromatic N) is 3. The molecule has 1 aliphatic heterocycles. The lowest BCUT2D eigenvalue weighted by atomic mass is 10.2. The van der Waals surface area contributed by atoms with Crippen LogP contribution >= 0.6 is 11.3 Å². The molecule has 0 radical (unpaired) electrons. The molecule has 2 heterocycles. The van der Waals surface area contributed by atoms with E-state index in [9.17, 15) is 22.0 Å². The first-order valence-electron chi connectivity index (χ1n) is 10.00. The van der Waals surface area contributed by atoms with E-state index in [-0.39, 0.29) is 15.6 Å². The summed E-state index contributed by atoms with van der Waals surface area (Å²) in [5.74, 6) is -2.74. The van der Waals surface area contributed by atoms with Crippen LogP contribution in [0.5, 0.6) is 0 Å². The van der Waals surface area contributed by atoms with Gasteiger partial charge in [0, 0.05) is 18.3 Å². The molecule has 1 aliphatic rings. The van der Waals surface area contributed by atoms with Crippen molar-refractivity contribution in [1.82, 2.24) is 14.5 Å². The van der Waals surface area contributed by atoms with E-state index in [4.69, 9.17) is 0 Å². The molecule has 0 saturated carbocycles. The number of carbonyl (C=O) groups is 1. The zero-order chi connectivity index (χ0) is 22.9. The third-order valence-electron chi connectivity index (χ3n) is 5.24. The highest BCUT2D eigenvalue weighted by Crippen LogP contribution is 2.37. The molecule has 4 rings (SSSR count). The maximum atomic E-state index is 13.4. The van der Waals surface area contributed by atoms with E-state index in [0.29, 0.717) is 24.4 Å². The molecule has 0 spiro atoms. The average molecular weight is 479 g/mol. The van der Waals surface area contributed by atoms with Crippen molar-refractivity contribution in [2.75, 3.05) is 11.9 Å². The van der Waals surface area contributed by atoms with Crippen LogP contribution in [0.4, 0.5) is 14.5 Å². The highest BCUT2D eigenvalue weighted by Gasteiger charge is 2.38. The molecule has 1 N–H and O–H groups in total. The Morgan fingerprint density at radius 1 is 1.16 bits per heavy atom. The van der Waals surface area contributed by atoms with Crippen molar-refractivity contribution in [3.05, 3.63) is 69.7 Å². The molecule has 3 aromatic rings. The molecule has 0 aliphatic carbocycles. The fraction of sp³-hybridized carbons (Fsp3) is 0.286. The number of benzene rings is 2. The number of anilines is 1. The number of carbonyl (C=O) groups excluding carboxylic acids is 1. The Kier molecular flexibility index (Phi) is 6.31. The Morgan fingerprint density at radius 2 is 1.91 bits per heavy atom. The molecule has 11 heteroatoms. The van der Waals surface area contributed by atoms with Gasteiger partial charge in [0.25, 0.3) is 5.91 Å². The van der Waals surface area contributed by atoms with E-state index in [0.717, 1.165) is 35.5 Å². The van der Waals surface area contributed by atoms with Gasteiger partial charge in [-0.25, -0.2) is 17.2 Å². The van der Waals surface area contributed by atoms with Gasteiger partial charge in [-0.05, 0) is 49.1 Å². The van der Waals surface area contributed by atoms with E-state index in [1.165, 1.54) is 10.4 Å². The van der Waals surface area contributed by atoms with Crippen LogP contribution in [-0.2, 0) is 16.4 Å². The lowest BCUT2D eigenvalue weighted by Gasteiger charge is -2.22. The Labute approximate surface area is 188 Å². The maximum absolute atomic E-state index is 13.4. The first kappa shape index (κ1) is 22.4. The fourth-order valence-electron chi connectivity index (χ4n) is 3.53. The third-order valence-corrected chi connectivity index (χ3v) is 8.18. The Hall–Kier alpha value is -2.76. The number of hydrogen-bond acceptors (Lipinski definition) is 6. The summed E-state index contributed by atoms with van der Waals surface area (Å²) in [5, 5.41) is 10.8. The molecular formula is C21H20F2N4O3S2. The number of hydrogen-bond donors (Lipinski definition) is 1. The molecule has 1 amide bonds. The molecule has 7 nitrogen and oxygen atoms in total. The van der Waals surface area contributed by atoms with E-state index in [2.05, 4.69) is 15.5 Å². The molecular weight excluding hydrogens is 458 g/mol. The second kappa shape index (κ2) is 9.00. The summed E-state index contributed by atoms with van der Waals surface area (Å²) >= 11 is 0.978. The SMILES string of the molecule is CCc1ccc(S(=O)(=O)N2CCCC2c2nnc(C(=O)Nc3ccc(F)c(F)c3)s2)cc1. The van der Waals surface area contributed by atoms with Gasteiger partial charge in [0.05, 0.1) is 10.9 Å². The Balaban J connectivity index is 1.53. The van der Waals surface area contributed by atoms with Gasteiger partial charge in [-0.3, -0.25) is 4.79 Å². The summed E-state index contributed by atoms with van der Waals surface area (Å²) < 4.78 is 54.2. The minimum absolute atomic E-state index is 0.00119. The van der Waals surface area contributed by atoms with Crippen molar-refractivity contribution in [2.45, 2.75) is 37.1 Å². The molecule has 2 aromatic carbocycles. The largest absolute Gasteiger partial charge is 0.320 e. The zero-order valence-electron chi connectivity index (χ0n) is 17.1. The molecule has 1 unspecified atom stereocenters. The highest BCUT2D eigenvalue weighted by atomic mass is 32.2. The lowest BCUT2D eigenvalue weighted by molar-refractivity contribution is 0.102. The Bertz CT molecular complexity index is 1250. The van der Waals surface area contributed by atoms with Crippen LogP contribution in [0.2, 0.25) is 0 Å². The van der Waals surface area contributed by atoms with E-state index in [1.54, 1.807) is 24.3 Å². The van der Waals surface area contributed by atoms with Gasteiger partial charge in [0.15, 0.2) is 11.6 Å². The highest BCUT2D eigenvalue weighted by molar-refractivity contribution is 7.89. The monoisotopic (exact) mass is 478 g/mol. The summed E-state index contributed by atoms with van der Waals surface area (Å²) in [5.41, 5.74) is 1.12. The normalized spacial score (nSPS) is 16.9. The summed E-state index contributed by atoms with van der Waals surface area (Å²) in [6.45, 7) is 2.34. The first-order valence-corrected chi connectivity index (χ1v) is 12.3. The van der Waals surface area contributed by atoms with Crippen LogP contribution in [0.15, 0.2) is 47.4 Å². The molecule has 0 bridgehead atoms. The van der Waals surface area contributed by atoms with Crippen LogP contribution in [0, 0.1) is 11.6 Å². The van der Waals surface area contributed by atoms with Gasteiger partial charge in [-0.1, -0.05) is 30.4 Å². The number of halogens is 2. The first-order chi connectivity index (χ1) is 15.3. The minimum atomic E-state index is -3.73. The van der Waals surface area contributed by atoms with Crippen molar-refractivity contribution >= 4 is 33.0 Å². The van der Waals surface area contributed by atoms with Gasteiger partial charge >= 0.3 is 0 Å². The topological polar surface area (TPSA) is 92.3 Å². The quantitative estimate of drug-likeness (QED) is 0.575. The van der Waals surface area contributed by atoms with Gasteiger partial charge in [-0.2, -0.15) is 4.31 Å². The average Bonchev–Trinajstić information content (AvgIpc) is 3.46. The number of aryl methyl sites for hydroxylation is 1. The number of nitrogens with one attached hydrogen (secondary N) is 1. The second-order valence-electron chi connectivity index (χ2n) is 7.30. The number of rotatable bonds is 6. The summed E-state index contributed by atoms with van der Waals surface area (Å²) in [4.78, 5) is 12.7. The summed E-state index contributed by atoms with van der Waals surface area (Å²) in [7, 11) is -3.73. The predicted octanol–water partition coefficient (Wildman–Crippen LogP) is 4.16. The minimum Gasteiger partial charge on any atom is -0.320 e. The number of sulfonamides is 1. The zero-order valence-corrected chi connectivity index (χ0v) is 18.7. The van der Waals surface area contributed by atoms with Crippen LogP contribution < -0.4 is 5.32 Å². The number of aromatic nitrogens is 2. The smallest absolute Gasteiger partial charge is 0.286 e. The summed E-state index contributed by atoms with van der Waals surface area (Å²) in [6, 6.07) is 9.28. The van der Waals surface area contributed by atoms with Crippen molar-refractivity contribution in [1.29, 1.82) is 0 Å². The molecule has 1 saturated heterocycles. The van der Waals surface area contributed by atoms with Crippen LogP contribution in [0.25, 0.3) is 0 Å². The predicted molar refractivity (Wildman–Crippen MR) is 116 cm³/mol. The van der Waals surface area contributed by atoms with Gasteiger partial charge in [0.2, 0.25) is 15.0 Å². The van der Waals surface area contributed by atoms with Gasteiger partial charge < -0.3 is 5.32 Å². The van der Waals surface area contributed by atoms with Crippen molar-refractivity contribution in [3.63, 3.8) is 0 Å².